The fourth-order valence-electron chi connectivity index (χ4n) is 3.64. The van der Waals surface area contributed by atoms with Crippen LogP contribution in [0.5, 0.6) is 0 Å². The van der Waals surface area contributed by atoms with E-state index in [0.717, 1.165) is 43.5 Å². The summed E-state index contributed by atoms with van der Waals surface area (Å²) in [6.45, 7) is 5.75. The number of rotatable bonds is 3. The minimum Gasteiger partial charge on any atom is -0.339 e. The number of hydrogen-bond acceptors (Lipinski definition) is 2. The monoisotopic (exact) mass is 332 g/mol. The van der Waals surface area contributed by atoms with Crippen LogP contribution in [0.25, 0.3) is 0 Å². The number of carbonyl (C=O) groups is 1. The molecule has 0 aliphatic carbocycles. The number of likely N-dealkylation sites (tertiary alicyclic amines) is 1. The molecule has 2 aromatic rings. The summed E-state index contributed by atoms with van der Waals surface area (Å²) in [7, 11) is 0. The summed E-state index contributed by atoms with van der Waals surface area (Å²) in [4.78, 5) is 14.9. The van der Waals surface area contributed by atoms with Crippen molar-refractivity contribution in [2.45, 2.75) is 39.0 Å². The van der Waals surface area contributed by atoms with Crippen molar-refractivity contribution in [3.05, 3.63) is 70.3 Å². The summed E-state index contributed by atoms with van der Waals surface area (Å²) in [5.74, 6) is 0.635. The fourth-order valence-corrected chi connectivity index (χ4v) is 3.64. The molecule has 25 heavy (non-hydrogen) atoms. The highest BCUT2D eigenvalue weighted by atomic mass is 16.2. The van der Waals surface area contributed by atoms with E-state index in [1.165, 1.54) is 11.1 Å². The van der Waals surface area contributed by atoms with Crippen LogP contribution in [0, 0.1) is 18.3 Å². The number of benzene rings is 2. The first-order valence-electron chi connectivity index (χ1n) is 9.01. The molecule has 0 N–H and O–H groups in total. The average molecular weight is 332 g/mol. The predicted octanol–water partition coefficient (Wildman–Crippen LogP) is 4.45. The Kier molecular flexibility index (Phi) is 5.19. The third-order valence-electron chi connectivity index (χ3n) is 5.17. The number of hydrogen-bond donors (Lipinski definition) is 0. The van der Waals surface area contributed by atoms with Crippen LogP contribution in [0.1, 0.15) is 58.3 Å². The van der Waals surface area contributed by atoms with Crippen molar-refractivity contribution in [3.63, 3.8) is 0 Å². The lowest BCUT2D eigenvalue weighted by molar-refractivity contribution is 0.0712. The van der Waals surface area contributed by atoms with E-state index in [2.05, 4.69) is 38.1 Å². The number of carbonyl (C=O) groups excluding carboxylic acids is 1. The van der Waals surface area contributed by atoms with Gasteiger partial charge in [-0.05, 0) is 61.4 Å². The van der Waals surface area contributed by atoms with E-state index in [1.807, 2.05) is 29.2 Å². The Bertz CT molecular complexity index is 794. The van der Waals surface area contributed by atoms with Gasteiger partial charge in [0, 0.05) is 18.7 Å². The third-order valence-corrected chi connectivity index (χ3v) is 5.17. The zero-order valence-corrected chi connectivity index (χ0v) is 15.0. The molecule has 2 aromatic carbocycles. The maximum absolute atomic E-state index is 12.9. The second-order valence-corrected chi connectivity index (χ2v) is 6.81. The standard InChI is InChI=1S/C22H24N2O/c1-3-18-14-16(2)4-9-21(18)22(25)24-12-10-20(11-13-24)19-7-5-17(15-23)6-8-19/h4-9,14,20H,3,10-13H2,1-2H3. The molecule has 0 atom stereocenters. The molecule has 3 heteroatoms. The van der Waals surface area contributed by atoms with E-state index in [-0.39, 0.29) is 5.91 Å². The van der Waals surface area contributed by atoms with Gasteiger partial charge in [0.2, 0.25) is 0 Å². The molecule has 0 aromatic heterocycles. The van der Waals surface area contributed by atoms with Crippen molar-refractivity contribution in [3.8, 4) is 6.07 Å². The maximum Gasteiger partial charge on any atom is 0.254 e. The number of nitriles is 1. The molecule has 1 aliphatic heterocycles. The molecule has 0 radical (unpaired) electrons. The maximum atomic E-state index is 12.9. The lowest BCUT2D eigenvalue weighted by atomic mass is 9.88. The van der Waals surface area contributed by atoms with E-state index in [1.54, 1.807) is 0 Å². The van der Waals surface area contributed by atoms with Crippen molar-refractivity contribution in [1.29, 1.82) is 5.26 Å². The quantitative estimate of drug-likeness (QED) is 0.833. The molecule has 128 valence electrons. The highest BCUT2D eigenvalue weighted by Crippen LogP contribution is 2.29. The SMILES string of the molecule is CCc1cc(C)ccc1C(=O)N1CCC(c2ccc(C#N)cc2)CC1. The van der Waals surface area contributed by atoms with Crippen LogP contribution in [-0.2, 0) is 6.42 Å². The van der Waals surface area contributed by atoms with Gasteiger partial charge in [-0.15, -0.1) is 0 Å². The summed E-state index contributed by atoms with van der Waals surface area (Å²) >= 11 is 0. The molecule has 3 nitrogen and oxygen atoms in total. The molecule has 0 saturated carbocycles. The van der Waals surface area contributed by atoms with Gasteiger partial charge in [0.1, 0.15) is 0 Å². The van der Waals surface area contributed by atoms with Gasteiger partial charge in [-0.1, -0.05) is 36.8 Å². The van der Waals surface area contributed by atoms with E-state index >= 15 is 0 Å². The molecule has 3 rings (SSSR count). The first-order chi connectivity index (χ1) is 12.1. The Morgan fingerprint density at radius 2 is 1.84 bits per heavy atom. The zero-order chi connectivity index (χ0) is 17.8. The van der Waals surface area contributed by atoms with Crippen molar-refractivity contribution >= 4 is 5.91 Å². The van der Waals surface area contributed by atoms with Crippen molar-refractivity contribution in [1.82, 2.24) is 4.90 Å². The van der Waals surface area contributed by atoms with E-state index in [9.17, 15) is 4.79 Å². The first kappa shape index (κ1) is 17.2. The molecule has 1 fully saturated rings. The van der Waals surface area contributed by atoms with Gasteiger partial charge in [0.15, 0.2) is 0 Å². The minimum absolute atomic E-state index is 0.162. The van der Waals surface area contributed by atoms with Gasteiger partial charge in [-0.2, -0.15) is 5.26 Å². The Labute approximate surface area is 149 Å². The molecule has 0 spiro atoms. The first-order valence-corrected chi connectivity index (χ1v) is 9.01. The van der Waals surface area contributed by atoms with Crippen molar-refractivity contribution < 1.29 is 4.79 Å². The van der Waals surface area contributed by atoms with E-state index in [4.69, 9.17) is 5.26 Å². The highest BCUT2D eigenvalue weighted by molar-refractivity contribution is 5.95. The van der Waals surface area contributed by atoms with Gasteiger partial charge in [-0.3, -0.25) is 4.79 Å². The second-order valence-electron chi connectivity index (χ2n) is 6.81. The topological polar surface area (TPSA) is 44.1 Å². The Hall–Kier alpha value is -2.60. The Morgan fingerprint density at radius 3 is 2.44 bits per heavy atom. The molecule has 1 amide bonds. The van der Waals surface area contributed by atoms with Crippen LogP contribution >= 0.6 is 0 Å². The Morgan fingerprint density at radius 1 is 1.16 bits per heavy atom. The molecule has 1 heterocycles. The molecular weight excluding hydrogens is 308 g/mol. The summed E-state index contributed by atoms with van der Waals surface area (Å²) in [5, 5.41) is 8.91. The van der Waals surface area contributed by atoms with Gasteiger partial charge < -0.3 is 4.90 Å². The number of amides is 1. The van der Waals surface area contributed by atoms with Gasteiger partial charge in [0.05, 0.1) is 11.6 Å². The van der Waals surface area contributed by atoms with Gasteiger partial charge in [-0.25, -0.2) is 0 Å². The summed E-state index contributed by atoms with van der Waals surface area (Å²) < 4.78 is 0. The summed E-state index contributed by atoms with van der Waals surface area (Å²) in [6.07, 6.45) is 2.83. The fraction of sp³-hybridized carbons (Fsp3) is 0.364. The number of aryl methyl sites for hydroxylation is 2. The average Bonchev–Trinajstić information content (AvgIpc) is 2.67. The summed E-state index contributed by atoms with van der Waals surface area (Å²) in [6, 6.07) is 16.1. The predicted molar refractivity (Wildman–Crippen MR) is 99.6 cm³/mol. The second kappa shape index (κ2) is 7.53. The summed E-state index contributed by atoms with van der Waals surface area (Å²) in [5.41, 5.74) is 5.16. The lowest BCUT2D eigenvalue weighted by Crippen LogP contribution is -2.38. The molecule has 0 unspecified atom stereocenters. The normalized spacial score (nSPS) is 15.0. The molecule has 1 saturated heterocycles. The van der Waals surface area contributed by atoms with Crippen LogP contribution in [0.2, 0.25) is 0 Å². The van der Waals surface area contributed by atoms with Crippen LogP contribution in [0.4, 0.5) is 0 Å². The highest BCUT2D eigenvalue weighted by Gasteiger charge is 2.25. The minimum atomic E-state index is 0.162. The van der Waals surface area contributed by atoms with Crippen LogP contribution in [0.3, 0.4) is 0 Å². The van der Waals surface area contributed by atoms with E-state index < -0.39 is 0 Å². The zero-order valence-electron chi connectivity index (χ0n) is 15.0. The largest absolute Gasteiger partial charge is 0.339 e. The molecular formula is C22H24N2O. The third kappa shape index (κ3) is 3.74. The van der Waals surface area contributed by atoms with Gasteiger partial charge >= 0.3 is 0 Å². The van der Waals surface area contributed by atoms with Crippen molar-refractivity contribution in [2.75, 3.05) is 13.1 Å². The number of piperidine rings is 1. The van der Waals surface area contributed by atoms with Crippen LogP contribution in [-0.4, -0.2) is 23.9 Å². The molecule has 0 bridgehead atoms. The van der Waals surface area contributed by atoms with Gasteiger partial charge in [0.25, 0.3) is 5.91 Å². The number of nitrogens with zero attached hydrogens (tertiary/aromatic N) is 2. The van der Waals surface area contributed by atoms with Crippen molar-refractivity contribution in [2.24, 2.45) is 0 Å². The lowest BCUT2D eigenvalue weighted by Gasteiger charge is -2.32. The Balaban J connectivity index is 1.67. The molecule has 1 aliphatic rings. The van der Waals surface area contributed by atoms with Crippen LogP contribution < -0.4 is 0 Å². The smallest absolute Gasteiger partial charge is 0.254 e. The van der Waals surface area contributed by atoms with E-state index in [0.29, 0.717) is 11.5 Å². The van der Waals surface area contributed by atoms with Crippen LogP contribution in [0.15, 0.2) is 42.5 Å².